The van der Waals surface area contributed by atoms with Crippen LogP contribution in [0.25, 0.3) is 0 Å². The number of hydrogen-bond donors (Lipinski definition) is 3. The molecule has 2 fully saturated rings. The Hall–Kier alpha value is -4.42. The molecule has 0 spiro atoms. The van der Waals surface area contributed by atoms with Crippen LogP contribution in [-0.2, 0) is 6.42 Å². The van der Waals surface area contributed by atoms with Crippen molar-refractivity contribution in [1.82, 2.24) is 30.2 Å². The van der Waals surface area contributed by atoms with Crippen molar-refractivity contribution in [2.45, 2.75) is 116 Å². The van der Waals surface area contributed by atoms with Crippen LogP contribution in [0.15, 0.2) is 78.9 Å². The fourth-order valence-electron chi connectivity index (χ4n) is 8.30. The van der Waals surface area contributed by atoms with Crippen LogP contribution in [0.5, 0.6) is 0 Å². The molecule has 10 nitrogen and oxygen atoms in total. The largest absolute Gasteiger partial charge is 0.465 e. The summed E-state index contributed by atoms with van der Waals surface area (Å²) in [6, 6.07) is 22.2. The third-order valence-corrected chi connectivity index (χ3v) is 11.3. The third-order valence-electron chi connectivity index (χ3n) is 11.3. The van der Waals surface area contributed by atoms with Gasteiger partial charge in [0.1, 0.15) is 11.6 Å². The summed E-state index contributed by atoms with van der Waals surface area (Å²) in [6.07, 6.45) is 6.05. The van der Waals surface area contributed by atoms with Crippen molar-refractivity contribution in [3.8, 4) is 0 Å². The molecular formula is C45H65ClF2N6O4. The van der Waals surface area contributed by atoms with Crippen molar-refractivity contribution in [1.29, 1.82) is 0 Å². The van der Waals surface area contributed by atoms with Crippen LogP contribution in [0.2, 0.25) is 0 Å². The minimum Gasteiger partial charge on any atom is -0.465 e. The minimum atomic E-state index is -1.02. The molecule has 3 atom stereocenters. The second-order valence-electron chi connectivity index (χ2n) is 16.5. The molecule has 13 heteroatoms. The molecule has 0 saturated carbocycles. The van der Waals surface area contributed by atoms with Gasteiger partial charge in [-0.15, -0.1) is 12.4 Å². The van der Waals surface area contributed by atoms with Gasteiger partial charge in [-0.1, -0.05) is 94.1 Å². The molecule has 3 N–H and O–H groups in total. The van der Waals surface area contributed by atoms with Crippen LogP contribution in [0.3, 0.4) is 0 Å². The second-order valence-corrected chi connectivity index (χ2v) is 16.5. The number of nitrogens with one attached hydrogen (secondary N) is 2. The molecule has 0 aliphatic carbocycles. The Morgan fingerprint density at radius 1 is 0.707 bits per heavy atom. The number of benzene rings is 3. The van der Waals surface area contributed by atoms with E-state index in [1.807, 2.05) is 24.8 Å². The molecule has 3 aromatic carbocycles. The maximum absolute atomic E-state index is 13.6. The van der Waals surface area contributed by atoms with Crippen molar-refractivity contribution in [2.24, 2.45) is 0 Å². The summed E-state index contributed by atoms with van der Waals surface area (Å²) < 4.78 is 26.9. The molecule has 2 saturated heterocycles. The number of amides is 5. The van der Waals surface area contributed by atoms with Crippen molar-refractivity contribution in [3.63, 3.8) is 0 Å². The smallest absolute Gasteiger partial charge is 0.407 e. The van der Waals surface area contributed by atoms with Gasteiger partial charge in [-0.2, -0.15) is 0 Å². The molecule has 0 bridgehead atoms. The van der Waals surface area contributed by atoms with E-state index in [4.69, 9.17) is 0 Å². The zero-order chi connectivity index (χ0) is 41.8. The van der Waals surface area contributed by atoms with Gasteiger partial charge in [0.2, 0.25) is 0 Å². The number of rotatable bonds is 12. The highest BCUT2D eigenvalue weighted by Gasteiger charge is 2.49. The fourth-order valence-corrected chi connectivity index (χ4v) is 8.30. The molecule has 58 heavy (non-hydrogen) atoms. The first-order valence-corrected chi connectivity index (χ1v) is 20.5. The Kier molecular flexibility index (Phi) is 18.3. The lowest BCUT2D eigenvalue weighted by molar-refractivity contribution is -0.0324. The molecular weight excluding hydrogens is 762 g/mol. The molecule has 3 unspecified atom stereocenters. The van der Waals surface area contributed by atoms with E-state index in [1.54, 1.807) is 29.2 Å². The predicted molar refractivity (Wildman–Crippen MR) is 229 cm³/mol. The molecule has 320 valence electrons. The zero-order valence-corrected chi connectivity index (χ0v) is 36.2. The van der Waals surface area contributed by atoms with Gasteiger partial charge in [0.15, 0.2) is 0 Å². The van der Waals surface area contributed by atoms with Gasteiger partial charge in [-0.05, 0) is 95.0 Å². The first kappa shape index (κ1) is 48.0. The predicted octanol–water partition coefficient (Wildman–Crippen LogP) is 9.67. The molecule has 3 aromatic rings. The number of halogens is 3. The maximum atomic E-state index is 13.6. The first-order valence-electron chi connectivity index (χ1n) is 20.5. The molecule has 0 radical (unpaired) electrons. The summed E-state index contributed by atoms with van der Waals surface area (Å²) in [5.41, 5.74) is 1.83. The number of likely N-dealkylation sites (N-methyl/N-ethyl adjacent to an activating group) is 1. The summed E-state index contributed by atoms with van der Waals surface area (Å²) in [5.74, 6) is -0.626. The number of unbranched alkanes of at least 4 members (excludes halogenated alkanes) is 4. The van der Waals surface area contributed by atoms with Crippen molar-refractivity contribution >= 4 is 30.6 Å². The monoisotopic (exact) mass is 826 g/mol. The van der Waals surface area contributed by atoms with Crippen LogP contribution < -0.4 is 10.6 Å². The summed E-state index contributed by atoms with van der Waals surface area (Å²) in [4.78, 5) is 45.2. The number of piperazine rings is 2. The van der Waals surface area contributed by atoms with E-state index in [-0.39, 0.29) is 61.3 Å². The van der Waals surface area contributed by atoms with E-state index < -0.39 is 23.2 Å². The Balaban J connectivity index is 0.000000310. The first-order chi connectivity index (χ1) is 27.1. The van der Waals surface area contributed by atoms with Gasteiger partial charge in [0.25, 0.3) is 0 Å². The highest BCUT2D eigenvalue weighted by atomic mass is 35.5. The average molecular weight is 828 g/mol. The van der Waals surface area contributed by atoms with Crippen molar-refractivity contribution < 1.29 is 28.3 Å². The summed E-state index contributed by atoms with van der Waals surface area (Å²) >= 11 is 0. The van der Waals surface area contributed by atoms with Gasteiger partial charge >= 0.3 is 18.2 Å². The molecule has 2 aliphatic rings. The SMILES string of the molecule is CCCCCNC(=O)N1C(c2ccc(F)cc2)CN(C(=O)O)CC1(C)C.CCCCCNC(=O)N1C(c2ccc(F)cc2)CN(C)C(Cc2ccccc2)C1(C)C.Cl. The summed E-state index contributed by atoms with van der Waals surface area (Å²) in [7, 11) is 2.13. The highest BCUT2D eigenvalue weighted by Crippen LogP contribution is 2.39. The molecule has 5 rings (SSSR count). The molecule has 2 heterocycles. The van der Waals surface area contributed by atoms with Gasteiger partial charge in [0.05, 0.1) is 23.2 Å². The zero-order valence-electron chi connectivity index (χ0n) is 35.3. The fraction of sp³-hybridized carbons (Fsp3) is 0.533. The third kappa shape index (κ3) is 12.5. The average Bonchev–Trinajstić information content (AvgIpc) is 3.17. The number of urea groups is 2. The van der Waals surface area contributed by atoms with Crippen LogP contribution in [0, 0.1) is 11.6 Å². The topological polar surface area (TPSA) is 108 Å². The van der Waals surface area contributed by atoms with E-state index in [0.717, 1.165) is 50.5 Å². The number of carboxylic acid groups (broad SMARTS) is 1. The molecule has 5 amide bonds. The Morgan fingerprint density at radius 2 is 1.17 bits per heavy atom. The Labute approximate surface area is 350 Å². The normalized spacial score (nSPS) is 19.9. The van der Waals surface area contributed by atoms with E-state index >= 15 is 0 Å². The van der Waals surface area contributed by atoms with Crippen LogP contribution >= 0.6 is 12.4 Å². The number of carbonyl (C=O) groups excluding carboxylic acids is 2. The van der Waals surface area contributed by atoms with Gasteiger partial charge < -0.3 is 30.4 Å². The van der Waals surface area contributed by atoms with E-state index in [0.29, 0.717) is 25.2 Å². The standard InChI is InChI=1S/C26H36FN3O.C19H28FN3O3.ClH/c1-5-6-10-17-28-25(31)30-23(21-13-15-22(27)16-14-21)19-29(4)24(26(30,2)3)18-20-11-8-7-9-12-20;1-4-5-6-11-21-17(24)23-16(14-7-9-15(20)10-8-14)12-22(18(25)26)13-19(23,2)3;/h7-9,11-16,23-24H,5-6,10,17-19H2,1-4H3,(H,28,31);7-10,16H,4-6,11-13H2,1-3H3,(H,21,24)(H,25,26);1H. The van der Waals surface area contributed by atoms with E-state index in [2.05, 4.69) is 74.5 Å². The van der Waals surface area contributed by atoms with Gasteiger partial charge in [-0.25, -0.2) is 23.2 Å². The number of carbonyl (C=O) groups is 3. The van der Waals surface area contributed by atoms with Crippen molar-refractivity contribution in [2.75, 3.05) is 39.8 Å². The number of hydrogen-bond acceptors (Lipinski definition) is 4. The molecule has 0 aromatic heterocycles. The lowest BCUT2D eigenvalue weighted by Gasteiger charge is -2.56. The van der Waals surface area contributed by atoms with Gasteiger partial charge in [0, 0.05) is 38.8 Å². The summed E-state index contributed by atoms with van der Waals surface area (Å²) in [6.45, 7) is 14.6. The molecule has 2 aliphatic heterocycles. The van der Waals surface area contributed by atoms with Crippen LogP contribution in [-0.4, -0.2) is 99.8 Å². The minimum absolute atomic E-state index is 0. The van der Waals surface area contributed by atoms with Crippen molar-refractivity contribution in [3.05, 3.63) is 107 Å². The number of nitrogens with zero attached hydrogens (tertiary/aromatic N) is 4. The van der Waals surface area contributed by atoms with E-state index in [1.165, 1.54) is 34.7 Å². The lowest BCUT2D eigenvalue weighted by atomic mass is 9.81. The maximum Gasteiger partial charge on any atom is 0.407 e. The van der Waals surface area contributed by atoms with Gasteiger partial charge in [-0.3, -0.25) is 4.90 Å². The summed E-state index contributed by atoms with van der Waals surface area (Å²) in [5, 5.41) is 15.5. The quantitative estimate of drug-likeness (QED) is 0.158. The highest BCUT2D eigenvalue weighted by molar-refractivity contribution is 5.85. The van der Waals surface area contributed by atoms with E-state index in [9.17, 15) is 28.3 Å². The van der Waals surface area contributed by atoms with Crippen LogP contribution in [0.4, 0.5) is 23.2 Å². The Morgan fingerprint density at radius 3 is 1.64 bits per heavy atom. The van der Waals surface area contributed by atoms with Crippen LogP contribution in [0.1, 0.15) is 109 Å². The lowest BCUT2D eigenvalue weighted by Crippen LogP contribution is -2.68. The second kappa shape index (κ2) is 22.1. The Bertz CT molecular complexity index is 1730.